The van der Waals surface area contributed by atoms with Crippen molar-refractivity contribution in [1.82, 2.24) is 5.32 Å². The Balaban J connectivity index is 3.46. The molecule has 2 N–H and O–H groups in total. The summed E-state index contributed by atoms with van der Waals surface area (Å²) in [5, 5.41) is 11.6. The average Bonchev–Trinajstić information content (AvgIpc) is 2.15. The Labute approximate surface area is 84.4 Å². The molecule has 1 atom stereocenters. The third kappa shape index (κ3) is 6.82. The van der Waals surface area contributed by atoms with Crippen LogP contribution in [0, 0.1) is 0 Å². The zero-order chi connectivity index (χ0) is 10.8. The fraction of sp³-hybridized carbons (Fsp3) is 0.889. The van der Waals surface area contributed by atoms with E-state index in [4.69, 9.17) is 14.6 Å². The molecule has 0 aromatic heterocycles. The Morgan fingerprint density at radius 2 is 2.29 bits per heavy atom. The molecule has 0 heterocycles. The van der Waals surface area contributed by atoms with E-state index >= 15 is 0 Å². The van der Waals surface area contributed by atoms with E-state index in [0.717, 1.165) is 6.42 Å². The summed E-state index contributed by atoms with van der Waals surface area (Å²) in [6, 6.07) is -0.623. The second-order valence-electron chi connectivity index (χ2n) is 2.85. The van der Waals surface area contributed by atoms with Crippen LogP contribution >= 0.6 is 0 Å². The van der Waals surface area contributed by atoms with E-state index in [1.807, 2.05) is 6.92 Å². The number of hydrogen-bond acceptors (Lipinski definition) is 4. The summed E-state index contributed by atoms with van der Waals surface area (Å²) >= 11 is 0. The van der Waals surface area contributed by atoms with Gasteiger partial charge in [0.15, 0.2) is 0 Å². The number of aliphatic carboxylic acids is 1. The Morgan fingerprint density at radius 1 is 1.57 bits per heavy atom. The van der Waals surface area contributed by atoms with Crippen LogP contribution < -0.4 is 5.32 Å². The molecule has 0 fully saturated rings. The number of ether oxygens (including phenoxy) is 2. The highest BCUT2D eigenvalue weighted by atomic mass is 16.5. The molecule has 5 nitrogen and oxygen atoms in total. The van der Waals surface area contributed by atoms with Gasteiger partial charge in [-0.3, -0.25) is 4.79 Å². The third-order valence-electron chi connectivity index (χ3n) is 1.69. The van der Waals surface area contributed by atoms with Crippen molar-refractivity contribution in [3.05, 3.63) is 0 Å². The van der Waals surface area contributed by atoms with Crippen LogP contribution in [-0.4, -0.2) is 50.6 Å². The lowest BCUT2D eigenvalue weighted by atomic mass is 10.3. The first-order valence-corrected chi connectivity index (χ1v) is 4.75. The number of nitrogens with one attached hydrogen (secondary N) is 1. The molecule has 5 heteroatoms. The first-order chi connectivity index (χ1) is 6.72. The van der Waals surface area contributed by atoms with Gasteiger partial charge in [-0.25, -0.2) is 0 Å². The van der Waals surface area contributed by atoms with Gasteiger partial charge in [0.2, 0.25) is 0 Å². The van der Waals surface area contributed by atoms with Gasteiger partial charge in [0.25, 0.3) is 0 Å². The number of rotatable bonds is 9. The maximum atomic E-state index is 10.6. The molecule has 0 radical (unpaired) electrons. The molecule has 84 valence electrons. The lowest BCUT2D eigenvalue weighted by molar-refractivity contribution is -0.140. The molecule has 0 rings (SSSR count). The minimum absolute atomic E-state index is 0.184. The van der Waals surface area contributed by atoms with Crippen molar-refractivity contribution in [1.29, 1.82) is 0 Å². The van der Waals surface area contributed by atoms with Gasteiger partial charge in [0.05, 0.1) is 6.61 Å². The van der Waals surface area contributed by atoms with Gasteiger partial charge < -0.3 is 19.9 Å². The summed E-state index contributed by atoms with van der Waals surface area (Å²) in [4.78, 5) is 10.6. The minimum atomic E-state index is -0.886. The molecule has 0 aromatic carbocycles. The molecule has 14 heavy (non-hydrogen) atoms. The molecule has 1 unspecified atom stereocenters. The van der Waals surface area contributed by atoms with Crippen LogP contribution in [-0.2, 0) is 14.3 Å². The number of carbonyl (C=O) groups is 1. The largest absolute Gasteiger partial charge is 0.480 e. The fourth-order valence-electron chi connectivity index (χ4n) is 0.979. The van der Waals surface area contributed by atoms with Crippen molar-refractivity contribution in [2.45, 2.75) is 19.4 Å². The highest BCUT2D eigenvalue weighted by Gasteiger charge is 2.15. The molecule has 0 aliphatic carbocycles. The first-order valence-electron chi connectivity index (χ1n) is 4.75. The van der Waals surface area contributed by atoms with Crippen LogP contribution in [0.4, 0.5) is 0 Å². The van der Waals surface area contributed by atoms with Gasteiger partial charge in [-0.1, -0.05) is 0 Å². The molecular weight excluding hydrogens is 186 g/mol. The smallest absolute Gasteiger partial charge is 0.323 e. The predicted molar refractivity (Wildman–Crippen MR) is 52.4 cm³/mol. The third-order valence-corrected chi connectivity index (χ3v) is 1.69. The van der Waals surface area contributed by atoms with Crippen molar-refractivity contribution in [3.63, 3.8) is 0 Å². The topological polar surface area (TPSA) is 67.8 Å². The van der Waals surface area contributed by atoms with E-state index in [-0.39, 0.29) is 6.61 Å². The fourth-order valence-corrected chi connectivity index (χ4v) is 0.979. The lowest BCUT2D eigenvalue weighted by Gasteiger charge is -2.12. The zero-order valence-corrected chi connectivity index (χ0v) is 8.78. The summed E-state index contributed by atoms with van der Waals surface area (Å²) < 4.78 is 9.89. The molecule has 0 amide bonds. The van der Waals surface area contributed by atoms with Gasteiger partial charge in [0, 0.05) is 20.3 Å². The Morgan fingerprint density at radius 3 is 2.79 bits per heavy atom. The van der Waals surface area contributed by atoms with E-state index < -0.39 is 12.0 Å². The van der Waals surface area contributed by atoms with Crippen molar-refractivity contribution in [3.8, 4) is 0 Å². The van der Waals surface area contributed by atoms with Gasteiger partial charge in [-0.05, 0) is 19.9 Å². The van der Waals surface area contributed by atoms with E-state index in [1.54, 1.807) is 0 Å². The number of methoxy groups -OCH3 is 1. The predicted octanol–water partition coefficient (Wildman–Crippen LogP) is 0.102. The maximum absolute atomic E-state index is 10.6. The van der Waals surface area contributed by atoms with Gasteiger partial charge in [0.1, 0.15) is 6.04 Å². The van der Waals surface area contributed by atoms with Crippen LogP contribution in [0.5, 0.6) is 0 Å². The summed E-state index contributed by atoms with van der Waals surface area (Å²) in [6.07, 6.45) is 0.807. The quantitative estimate of drug-likeness (QED) is 0.523. The van der Waals surface area contributed by atoms with Crippen LogP contribution in [0.1, 0.15) is 13.3 Å². The van der Waals surface area contributed by atoms with Crippen molar-refractivity contribution >= 4 is 5.97 Å². The summed E-state index contributed by atoms with van der Waals surface area (Å²) in [6.45, 7) is 4.09. The summed E-state index contributed by atoms with van der Waals surface area (Å²) in [5.41, 5.74) is 0. The molecule has 0 spiro atoms. The van der Waals surface area contributed by atoms with Gasteiger partial charge in [-0.2, -0.15) is 0 Å². The lowest BCUT2D eigenvalue weighted by Crippen LogP contribution is -2.41. The van der Waals surface area contributed by atoms with Crippen LogP contribution in [0.25, 0.3) is 0 Å². The molecule has 0 aliphatic rings. The van der Waals surface area contributed by atoms with E-state index in [1.165, 1.54) is 7.11 Å². The molecule has 0 bridgehead atoms. The van der Waals surface area contributed by atoms with Crippen molar-refractivity contribution in [2.75, 3.05) is 33.5 Å². The first kappa shape index (κ1) is 13.4. The highest BCUT2D eigenvalue weighted by Crippen LogP contribution is 1.87. The van der Waals surface area contributed by atoms with E-state index in [9.17, 15) is 4.79 Å². The molecule has 0 saturated heterocycles. The molecule has 0 saturated carbocycles. The molecular formula is C9H19NO4. The van der Waals surface area contributed by atoms with Crippen molar-refractivity contribution in [2.24, 2.45) is 0 Å². The normalized spacial score (nSPS) is 12.7. The Bertz CT molecular complexity index is 152. The van der Waals surface area contributed by atoms with Gasteiger partial charge in [-0.15, -0.1) is 0 Å². The highest BCUT2D eigenvalue weighted by molar-refractivity contribution is 5.73. The second-order valence-corrected chi connectivity index (χ2v) is 2.85. The van der Waals surface area contributed by atoms with Crippen LogP contribution in [0.15, 0.2) is 0 Å². The standard InChI is InChI=1S/C9H19NO4/c1-3-14-6-4-5-10-8(7-13-2)9(11)12/h8,10H,3-7H2,1-2H3,(H,11,12). The Hall–Kier alpha value is -0.650. The monoisotopic (exact) mass is 205 g/mol. The maximum Gasteiger partial charge on any atom is 0.323 e. The van der Waals surface area contributed by atoms with Crippen molar-refractivity contribution < 1.29 is 19.4 Å². The van der Waals surface area contributed by atoms with Crippen LogP contribution in [0.2, 0.25) is 0 Å². The summed E-state index contributed by atoms with van der Waals surface area (Å²) in [5.74, 6) is -0.886. The minimum Gasteiger partial charge on any atom is -0.480 e. The SMILES string of the molecule is CCOCCCNC(COC)C(=O)O. The number of carboxylic acids is 1. The van der Waals surface area contributed by atoms with Gasteiger partial charge >= 0.3 is 5.97 Å². The number of carboxylic acid groups (broad SMARTS) is 1. The van der Waals surface area contributed by atoms with E-state index in [2.05, 4.69) is 5.32 Å². The van der Waals surface area contributed by atoms with E-state index in [0.29, 0.717) is 19.8 Å². The summed E-state index contributed by atoms with van der Waals surface area (Å²) in [7, 11) is 1.48. The number of hydrogen-bond donors (Lipinski definition) is 2. The average molecular weight is 205 g/mol. The second kappa shape index (κ2) is 8.93. The van der Waals surface area contributed by atoms with Crippen LogP contribution in [0.3, 0.4) is 0 Å². The zero-order valence-electron chi connectivity index (χ0n) is 8.78. The molecule has 0 aliphatic heterocycles. The molecule has 0 aromatic rings. The Kier molecular flexibility index (Phi) is 8.51.